The molecule has 0 heterocycles. The lowest BCUT2D eigenvalue weighted by Gasteiger charge is -2.09. The molecule has 0 aliphatic heterocycles. The third kappa shape index (κ3) is 8.15. The Labute approximate surface area is 102 Å². The summed E-state index contributed by atoms with van der Waals surface area (Å²) in [5.74, 6) is 0. The minimum atomic E-state index is -0.00914. The molecule has 0 atom stereocenters. The lowest BCUT2D eigenvalue weighted by molar-refractivity contribution is 0.147. The van der Waals surface area contributed by atoms with Crippen LogP contribution in [0.3, 0.4) is 0 Å². The van der Waals surface area contributed by atoms with E-state index in [4.69, 9.17) is 0 Å². The Bertz CT molecular complexity index is 128. The predicted octanol–water partition coefficient (Wildman–Crippen LogP) is 4.82. The summed E-state index contributed by atoms with van der Waals surface area (Å²) in [5, 5.41) is 9.77. The van der Waals surface area contributed by atoms with Crippen molar-refractivity contribution in [3.05, 3.63) is 0 Å². The van der Waals surface area contributed by atoms with Crippen LogP contribution < -0.4 is 0 Å². The van der Waals surface area contributed by atoms with Crippen molar-refractivity contribution in [3.8, 4) is 0 Å². The summed E-state index contributed by atoms with van der Waals surface area (Å²) < 4.78 is 0. The second-order valence-corrected chi connectivity index (χ2v) is 5.47. The van der Waals surface area contributed by atoms with Gasteiger partial charge in [-0.05, 0) is 12.8 Å². The van der Waals surface area contributed by atoms with E-state index in [0.29, 0.717) is 0 Å². The Hall–Kier alpha value is -0.0400. The molecule has 0 radical (unpaired) electrons. The van der Waals surface area contributed by atoms with Crippen LogP contribution in [0, 0.1) is 0 Å². The Morgan fingerprint density at radius 1 is 0.438 bits per heavy atom. The zero-order valence-electron chi connectivity index (χ0n) is 10.9. The molecule has 1 nitrogen and oxygen atoms in total. The highest BCUT2D eigenvalue weighted by Crippen LogP contribution is 2.16. The number of rotatable bonds is 0. The van der Waals surface area contributed by atoms with E-state index in [-0.39, 0.29) is 6.10 Å². The van der Waals surface area contributed by atoms with Crippen LogP contribution in [0.4, 0.5) is 0 Å². The molecule has 1 rings (SSSR count). The molecular weight excluding hydrogens is 196 g/mol. The first-order valence-electron chi connectivity index (χ1n) is 7.57. The second kappa shape index (κ2) is 10.1. The topological polar surface area (TPSA) is 20.2 Å². The van der Waals surface area contributed by atoms with Crippen molar-refractivity contribution < 1.29 is 5.11 Å². The third-order valence-electron chi connectivity index (χ3n) is 3.82. The summed E-state index contributed by atoms with van der Waals surface area (Å²) in [6.07, 6.45) is 18.6. The van der Waals surface area contributed by atoms with Gasteiger partial charge in [0.05, 0.1) is 6.10 Å². The van der Waals surface area contributed by atoms with Crippen LogP contribution in [-0.2, 0) is 0 Å². The molecule has 0 spiro atoms. The van der Waals surface area contributed by atoms with Gasteiger partial charge in [0.1, 0.15) is 0 Å². The minimum absolute atomic E-state index is 0.00914. The van der Waals surface area contributed by atoms with Crippen LogP contribution in [0.15, 0.2) is 0 Å². The molecule has 16 heavy (non-hydrogen) atoms. The summed E-state index contributed by atoms with van der Waals surface area (Å²) in [4.78, 5) is 0. The van der Waals surface area contributed by atoms with Crippen molar-refractivity contribution in [2.75, 3.05) is 0 Å². The van der Waals surface area contributed by atoms with Gasteiger partial charge in [-0.15, -0.1) is 0 Å². The summed E-state index contributed by atoms with van der Waals surface area (Å²) in [5.41, 5.74) is 0. The second-order valence-electron chi connectivity index (χ2n) is 5.47. The lowest BCUT2D eigenvalue weighted by atomic mass is 10.0. The molecule has 0 aromatic rings. The van der Waals surface area contributed by atoms with E-state index >= 15 is 0 Å². The monoisotopic (exact) mass is 226 g/mol. The Morgan fingerprint density at radius 3 is 1.00 bits per heavy atom. The van der Waals surface area contributed by atoms with Crippen molar-refractivity contribution in [1.82, 2.24) is 0 Å². The minimum Gasteiger partial charge on any atom is -0.393 e. The fraction of sp³-hybridized carbons (Fsp3) is 1.00. The smallest absolute Gasteiger partial charge is 0.0540 e. The molecule has 0 amide bonds. The van der Waals surface area contributed by atoms with E-state index in [1.165, 1.54) is 77.0 Å². The number of aliphatic hydroxyl groups is 1. The number of aliphatic hydroxyl groups excluding tert-OH is 1. The average Bonchev–Trinajstić information content (AvgIpc) is 2.29. The van der Waals surface area contributed by atoms with Crippen molar-refractivity contribution >= 4 is 0 Å². The lowest BCUT2D eigenvalue weighted by Crippen LogP contribution is -2.05. The van der Waals surface area contributed by atoms with Crippen LogP contribution in [-0.4, -0.2) is 11.2 Å². The van der Waals surface area contributed by atoms with Crippen LogP contribution in [0.1, 0.15) is 89.9 Å². The molecule has 1 aliphatic carbocycles. The molecule has 1 heteroatoms. The molecular formula is C15H30O. The highest BCUT2D eigenvalue weighted by molar-refractivity contribution is 4.58. The average molecular weight is 226 g/mol. The van der Waals surface area contributed by atoms with Gasteiger partial charge in [-0.1, -0.05) is 77.0 Å². The molecule has 0 aromatic carbocycles. The molecule has 1 fully saturated rings. The Balaban J connectivity index is 2.10. The molecule has 96 valence electrons. The van der Waals surface area contributed by atoms with Gasteiger partial charge in [0.15, 0.2) is 0 Å². The highest BCUT2D eigenvalue weighted by atomic mass is 16.3. The number of hydrogen-bond donors (Lipinski definition) is 1. The van der Waals surface area contributed by atoms with Gasteiger partial charge in [-0.3, -0.25) is 0 Å². The normalized spacial score (nSPS) is 24.6. The first-order valence-corrected chi connectivity index (χ1v) is 7.57. The third-order valence-corrected chi connectivity index (χ3v) is 3.82. The van der Waals surface area contributed by atoms with E-state index in [2.05, 4.69) is 0 Å². The van der Waals surface area contributed by atoms with Crippen molar-refractivity contribution in [2.45, 2.75) is 96.0 Å². The van der Waals surface area contributed by atoms with Crippen molar-refractivity contribution in [3.63, 3.8) is 0 Å². The Morgan fingerprint density at radius 2 is 0.688 bits per heavy atom. The first kappa shape index (κ1) is 14.0. The molecule has 1 N–H and O–H groups in total. The highest BCUT2D eigenvalue weighted by Gasteiger charge is 2.04. The van der Waals surface area contributed by atoms with Gasteiger partial charge >= 0.3 is 0 Å². The van der Waals surface area contributed by atoms with Gasteiger partial charge < -0.3 is 5.11 Å². The molecule has 0 unspecified atom stereocenters. The van der Waals surface area contributed by atoms with Gasteiger partial charge in [-0.2, -0.15) is 0 Å². The molecule has 0 saturated heterocycles. The van der Waals surface area contributed by atoms with Gasteiger partial charge in [0, 0.05) is 0 Å². The fourth-order valence-electron chi connectivity index (χ4n) is 2.67. The Kier molecular flexibility index (Phi) is 8.88. The van der Waals surface area contributed by atoms with Gasteiger partial charge in [-0.25, -0.2) is 0 Å². The first-order chi connectivity index (χ1) is 7.89. The van der Waals surface area contributed by atoms with Gasteiger partial charge in [0.25, 0.3) is 0 Å². The van der Waals surface area contributed by atoms with E-state index in [0.717, 1.165) is 12.8 Å². The van der Waals surface area contributed by atoms with Gasteiger partial charge in [0.2, 0.25) is 0 Å². The van der Waals surface area contributed by atoms with E-state index in [1.54, 1.807) is 0 Å². The molecule has 0 bridgehead atoms. The summed E-state index contributed by atoms with van der Waals surface area (Å²) in [6, 6.07) is 0. The molecule has 1 aliphatic rings. The summed E-state index contributed by atoms with van der Waals surface area (Å²) in [6.45, 7) is 0. The van der Waals surface area contributed by atoms with Crippen LogP contribution >= 0.6 is 0 Å². The van der Waals surface area contributed by atoms with E-state index in [1.807, 2.05) is 0 Å². The van der Waals surface area contributed by atoms with E-state index < -0.39 is 0 Å². The zero-order chi connectivity index (χ0) is 11.5. The largest absolute Gasteiger partial charge is 0.393 e. The van der Waals surface area contributed by atoms with Crippen LogP contribution in [0.2, 0.25) is 0 Å². The maximum Gasteiger partial charge on any atom is 0.0540 e. The maximum absolute atomic E-state index is 9.77. The van der Waals surface area contributed by atoms with Crippen molar-refractivity contribution in [1.29, 1.82) is 0 Å². The zero-order valence-corrected chi connectivity index (χ0v) is 10.9. The quantitative estimate of drug-likeness (QED) is 0.627. The summed E-state index contributed by atoms with van der Waals surface area (Å²) in [7, 11) is 0. The van der Waals surface area contributed by atoms with E-state index in [9.17, 15) is 5.11 Å². The predicted molar refractivity (Wildman–Crippen MR) is 70.6 cm³/mol. The molecule has 1 saturated carbocycles. The fourth-order valence-corrected chi connectivity index (χ4v) is 2.67. The van der Waals surface area contributed by atoms with Crippen LogP contribution in [0.25, 0.3) is 0 Å². The van der Waals surface area contributed by atoms with Crippen LogP contribution in [0.5, 0.6) is 0 Å². The number of hydrogen-bond acceptors (Lipinski definition) is 1. The maximum atomic E-state index is 9.77. The SMILES string of the molecule is OC1CCCCCCCCCCCCCC1. The van der Waals surface area contributed by atoms with Crippen molar-refractivity contribution in [2.24, 2.45) is 0 Å². The molecule has 0 aromatic heterocycles. The standard InChI is InChI=1S/C15H30O/c16-15-13-11-9-7-5-3-1-2-4-6-8-10-12-14-15/h15-16H,1-14H2. The summed E-state index contributed by atoms with van der Waals surface area (Å²) >= 11 is 0.